The molecule has 0 heterocycles. The van der Waals surface area contributed by atoms with Gasteiger partial charge < -0.3 is 0 Å². The van der Waals surface area contributed by atoms with Crippen molar-refractivity contribution >= 4 is 38.5 Å². The summed E-state index contributed by atoms with van der Waals surface area (Å²) < 4.78 is 25.4. The molecule has 0 aliphatic carbocycles. The van der Waals surface area contributed by atoms with E-state index in [2.05, 4.69) is 9.44 Å². The fourth-order valence-corrected chi connectivity index (χ4v) is 1.36. The Morgan fingerprint density at radius 3 is 2.67 bits per heavy atom. The third-order valence-electron chi connectivity index (χ3n) is 1.32. The summed E-state index contributed by atoms with van der Waals surface area (Å²) in [5, 5.41) is 3.63. The molecule has 82 valence electrons. The average Bonchev–Trinajstić information content (AvgIpc) is 2.13. The van der Waals surface area contributed by atoms with Crippen LogP contribution in [-0.2, 0) is 14.4 Å². The fraction of sp³-hybridized carbons (Fsp3) is 0.125. The summed E-state index contributed by atoms with van der Waals surface area (Å²) in [4.78, 5) is 0. The highest BCUT2D eigenvalue weighted by Crippen LogP contribution is 2.13. The van der Waals surface area contributed by atoms with Gasteiger partial charge in [-0.25, -0.2) is 0 Å². The van der Waals surface area contributed by atoms with Gasteiger partial charge in [-0.1, -0.05) is 40.5 Å². The molecule has 0 fully saturated rings. The first-order valence-corrected chi connectivity index (χ1v) is 6.34. The van der Waals surface area contributed by atoms with E-state index in [0.29, 0.717) is 10.6 Å². The van der Waals surface area contributed by atoms with Crippen molar-refractivity contribution in [3.8, 4) is 0 Å². The van der Waals surface area contributed by atoms with Crippen LogP contribution in [0.3, 0.4) is 0 Å². The standard InChI is InChI=1S/C8H7Cl2NO3S/c1-15(12,13)14-11-8(10)6-3-2-4-7(9)5-6/h2-5H,1H3. The Kier molecular flexibility index (Phi) is 3.96. The first kappa shape index (κ1) is 12.3. The molecule has 0 bridgehead atoms. The molecule has 0 spiro atoms. The first-order chi connectivity index (χ1) is 6.88. The molecule has 0 amide bonds. The lowest BCUT2D eigenvalue weighted by Crippen LogP contribution is -2.00. The van der Waals surface area contributed by atoms with Crippen molar-refractivity contribution in [2.45, 2.75) is 0 Å². The van der Waals surface area contributed by atoms with Crippen molar-refractivity contribution in [2.24, 2.45) is 5.16 Å². The van der Waals surface area contributed by atoms with E-state index in [1.807, 2.05) is 0 Å². The molecule has 0 aliphatic rings. The molecule has 1 rings (SSSR count). The van der Waals surface area contributed by atoms with E-state index in [-0.39, 0.29) is 5.17 Å². The van der Waals surface area contributed by atoms with Crippen molar-refractivity contribution in [3.63, 3.8) is 0 Å². The molecule has 0 unspecified atom stereocenters. The second-order valence-electron chi connectivity index (χ2n) is 2.67. The van der Waals surface area contributed by atoms with Crippen molar-refractivity contribution < 1.29 is 12.7 Å². The smallest absolute Gasteiger partial charge is 0.267 e. The minimum atomic E-state index is -3.64. The molecule has 0 atom stereocenters. The number of oxime groups is 1. The van der Waals surface area contributed by atoms with Crippen molar-refractivity contribution in [1.82, 2.24) is 0 Å². The molecule has 0 saturated heterocycles. The van der Waals surface area contributed by atoms with E-state index in [4.69, 9.17) is 23.2 Å². The average molecular weight is 268 g/mol. The number of halogens is 2. The second kappa shape index (κ2) is 4.83. The van der Waals surface area contributed by atoms with Crippen LogP contribution in [-0.4, -0.2) is 19.8 Å². The maximum atomic E-state index is 10.6. The fourth-order valence-electron chi connectivity index (χ4n) is 0.770. The minimum absolute atomic E-state index is 0.0806. The van der Waals surface area contributed by atoms with Gasteiger partial charge in [-0.05, 0) is 12.1 Å². The van der Waals surface area contributed by atoms with Crippen molar-refractivity contribution in [3.05, 3.63) is 34.9 Å². The molecule has 1 aromatic carbocycles. The van der Waals surface area contributed by atoms with E-state index in [0.717, 1.165) is 6.26 Å². The first-order valence-electron chi connectivity index (χ1n) is 3.76. The number of hydrogen-bond donors (Lipinski definition) is 0. The SMILES string of the molecule is CS(=O)(=O)ON=C(Cl)c1cccc(Cl)c1. The Morgan fingerprint density at radius 1 is 1.47 bits per heavy atom. The largest absolute Gasteiger partial charge is 0.325 e. The molecule has 0 saturated carbocycles. The molecule has 4 nitrogen and oxygen atoms in total. The van der Waals surface area contributed by atoms with Gasteiger partial charge in [-0.3, -0.25) is 4.28 Å². The number of nitrogens with zero attached hydrogens (tertiary/aromatic N) is 1. The Bertz CT molecular complexity index is 484. The third-order valence-corrected chi connectivity index (χ3v) is 2.18. The highest BCUT2D eigenvalue weighted by molar-refractivity contribution is 7.85. The van der Waals surface area contributed by atoms with Crippen molar-refractivity contribution in [2.75, 3.05) is 6.26 Å². The predicted molar refractivity (Wildman–Crippen MR) is 59.8 cm³/mol. The molecule has 7 heteroatoms. The van der Waals surface area contributed by atoms with Crippen LogP contribution >= 0.6 is 23.2 Å². The summed E-state index contributed by atoms with van der Waals surface area (Å²) in [6, 6.07) is 6.49. The van der Waals surface area contributed by atoms with E-state index >= 15 is 0 Å². The van der Waals surface area contributed by atoms with Gasteiger partial charge in [0, 0.05) is 10.6 Å². The lowest BCUT2D eigenvalue weighted by Gasteiger charge is -1.98. The Hall–Kier alpha value is -0.780. The molecular weight excluding hydrogens is 261 g/mol. The zero-order valence-corrected chi connectivity index (χ0v) is 9.97. The summed E-state index contributed by atoms with van der Waals surface area (Å²) in [6.45, 7) is 0. The Balaban J connectivity index is 2.90. The van der Waals surface area contributed by atoms with Crippen LogP contribution < -0.4 is 0 Å². The van der Waals surface area contributed by atoms with Crippen LogP contribution in [0.25, 0.3) is 0 Å². The summed E-state index contributed by atoms with van der Waals surface area (Å²) in [7, 11) is -3.64. The number of hydrogen-bond acceptors (Lipinski definition) is 4. The Labute approximate surface area is 97.6 Å². The predicted octanol–water partition coefficient (Wildman–Crippen LogP) is 2.22. The molecule has 0 aliphatic heterocycles. The van der Waals surface area contributed by atoms with Crippen LogP contribution in [0.4, 0.5) is 0 Å². The quantitative estimate of drug-likeness (QED) is 0.623. The third kappa shape index (κ3) is 4.51. The van der Waals surface area contributed by atoms with E-state index in [9.17, 15) is 8.42 Å². The van der Waals surface area contributed by atoms with Gasteiger partial charge in [0.25, 0.3) is 0 Å². The lowest BCUT2D eigenvalue weighted by atomic mass is 10.2. The second-order valence-corrected chi connectivity index (χ2v) is 5.02. The van der Waals surface area contributed by atoms with E-state index in [1.165, 1.54) is 0 Å². The highest BCUT2D eigenvalue weighted by atomic mass is 35.5. The van der Waals surface area contributed by atoms with Gasteiger partial charge in [-0.2, -0.15) is 8.42 Å². The molecule has 0 N–H and O–H groups in total. The molecular formula is C8H7Cl2NO3S. The normalized spacial score (nSPS) is 12.6. The van der Waals surface area contributed by atoms with Crippen LogP contribution in [0.15, 0.2) is 29.4 Å². The van der Waals surface area contributed by atoms with Crippen LogP contribution in [0.2, 0.25) is 5.02 Å². The van der Waals surface area contributed by atoms with Gasteiger partial charge in [0.15, 0.2) is 5.17 Å². The molecule has 1 aromatic rings. The lowest BCUT2D eigenvalue weighted by molar-refractivity contribution is 0.344. The zero-order valence-electron chi connectivity index (χ0n) is 7.65. The highest BCUT2D eigenvalue weighted by Gasteiger charge is 2.04. The van der Waals surface area contributed by atoms with Crippen LogP contribution in [0.5, 0.6) is 0 Å². The molecule has 0 aromatic heterocycles. The minimum Gasteiger partial charge on any atom is -0.267 e. The van der Waals surface area contributed by atoms with E-state index in [1.54, 1.807) is 24.3 Å². The van der Waals surface area contributed by atoms with Crippen LogP contribution in [0, 0.1) is 0 Å². The monoisotopic (exact) mass is 267 g/mol. The molecule has 15 heavy (non-hydrogen) atoms. The van der Waals surface area contributed by atoms with Gasteiger partial charge in [-0.15, -0.1) is 0 Å². The van der Waals surface area contributed by atoms with Crippen LogP contribution in [0.1, 0.15) is 5.56 Å². The summed E-state index contributed by atoms with van der Waals surface area (Å²) >= 11 is 11.4. The summed E-state index contributed by atoms with van der Waals surface area (Å²) in [6.07, 6.45) is 0.874. The molecule has 0 radical (unpaired) electrons. The maximum Gasteiger partial charge on any atom is 0.325 e. The van der Waals surface area contributed by atoms with Gasteiger partial charge in [0.05, 0.1) is 6.26 Å². The van der Waals surface area contributed by atoms with Crippen molar-refractivity contribution in [1.29, 1.82) is 0 Å². The number of rotatable bonds is 3. The van der Waals surface area contributed by atoms with Gasteiger partial charge in [0.1, 0.15) is 0 Å². The van der Waals surface area contributed by atoms with Gasteiger partial charge in [0.2, 0.25) is 0 Å². The topological polar surface area (TPSA) is 55.7 Å². The summed E-state index contributed by atoms with van der Waals surface area (Å²) in [5.41, 5.74) is 0.479. The maximum absolute atomic E-state index is 10.6. The Morgan fingerprint density at radius 2 is 2.13 bits per heavy atom. The summed E-state index contributed by atoms with van der Waals surface area (Å²) in [5.74, 6) is 0. The van der Waals surface area contributed by atoms with Gasteiger partial charge >= 0.3 is 10.1 Å². The van der Waals surface area contributed by atoms with E-state index < -0.39 is 10.1 Å². The number of benzene rings is 1. The zero-order chi connectivity index (χ0) is 11.5.